The van der Waals surface area contributed by atoms with Gasteiger partial charge in [-0.15, -0.1) is 0 Å². The van der Waals surface area contributed by atoms with Crippen LogP contribution in [0, 0.1) is 11.6 Å². The number of nitrogens with one attached hydrogen (secondary N) is 1. The van der Waals surface area contributed by atoms with E-state index in [4.69, 9.17) is 4.42 Å². The van der Waals surface area contributed by atoms with Gasteiger partial charge in [0.2, 0.25) is 0 Å². The van der Waals surface area contributed by atoms with E-state index < -0.39 is 11.6 Å². The molecule has 0 saturated carbocycles. The Morgan fingerprint density at radius 2 is 2.12 bits per heavy atom. The largest absolute Gasteiger partial charge is 0.469 e. The normalized spacial score (nSPS) is 12.4. The minimum absolute atomic E-state index is 0.0440. The van der Waals surface area contributed by atoms with Crippen molar-refractivity contribution in [3.63, 3.8) is 0 Å². The molecule has 0 radical (unpaired) electrons. The van der Waals surface area contributed by atoms with Crippen molar-refractivity contribution in [2.45, 2.75) is 19.4 Å². The summed E-state index contributed by atoms with van der Waals surface area (Å²) < 4.78 is 31.5. The van der Waals surface area contributed by atoms with Gasteiger partial charge in [-0.3, -0.25) is 0 Å². The van der Waals surface area contributed by atoms with Crippen molar-refractivity contribution in [1.82, 2.24) is 0 Å². The molecule has 0 bridgehead atoms. The van der Waals surface area contributed by atoms with Crippen molar-refractivity contribution >= 4 is 5.69 Å². The van der Waals surface area contributed by atoms with Crippen molar-refractivity contribution in [2.24, 2.45) is 0 Å². The standard InChI is InChI=1S/C13H13F2NO/c1-9(7-11-3-2-6-17-11)16-13-8-10(14)4-5-12(13)15/h2-6,8-9,16H,7H2,1H3. The molecule has 0 amide bonds. The van der Waals surface area contributed by atoms with Crippen molar-refractivity contribution in [2.75, 3.05) is 5.32 Å². The van der Waals surface area contributed by atoms with Crippen LogP contribution in [0.25, 0.3) is 0 Å². The highest BCUT2D eigenvalue weighted by molar-refractivity contribution is 5.45. The van der Waals surface area contributed by atoms with E-state index in [-0.39, 0.29) is 11.7 Å². The predicted molar refractivity (Wildman–Crippen MR) is 61.9 cm³/mol. The molecule has 0 aliphatic carbocycles. The van der Waals surface area contributed by atoms with Gasteiger partial charge in [-0.2, -0.15) is 0 Å². The zero-order valence-corrected chi connectivity index (χ0v) is 9.41. The van der Waals surface area contributed by atoms with E-state index in [1.165, 1.54) is 0 Å². The Balaban J connectivity index is 2.02. The second-order valence-corrected chi connectivity index (χ2v) is 3.95. The van der Waals surface area contributed by atoms with E-state index in [0.717, 1.165) is 24.0 Å². The monoisotopic (exact) mass is 237 g/mol. The van der Waals surface area contributed by atoms with Gasteiger partial charge in [-0.25, -0.2) is 8.78 Å². The first-order valence-corrected chi connectivity index (χ1v) is 5.39. The zero-order chi connectivity index (χ0) is 12.3. The van der Waals surface area contributed by atoms with Crippen molar-refractivity contribution in [1.29, 1.82) is 0 Å². The quantitative estimate of drug-likeness (QED) is 0.878. The first kappa shape index (κ1) is 11.6. The molecule has 1 N–H and O–H groups in total. The van der Waals surface area contributed by atoms with E-state index >= 15 is 0 Å². The molecular formula is C13H13F2NO. The van der Waals surface area contributed by atoms with E-state index in [0.29, 0.717) is 6.42 Å². The van der Waals surface area contributed by atoms with Gasteiger partial charge in [-0.05, 0) is 37.3 Å². The SMILES string of the molecule is CC(Cc1ccco1)Nc1cc(F)ccc1F. The van der Waals surface area contributed by atoms with Gasteiger partial charge in [0.25, 0.3) is 0 Å². The summed E-state index contributed by atoms with van der Waals surface area (Å²) in [6.45, 7) is 1.88. The Morgan fingerprint density at radius 1 is 1.29 bits per heavy atom. The Kier molecular flexibility index (Phi) is 3.42. The summed E-state index contributed by atoms with van der Waals surface area (Å²) in [5.41, 5.74) is 0.170. The Bertz CT molecular complexity index is 482. The fraction of sp³-hybridized carbons (Fsp3) is 0.231. The highest BCUT2D eigenvalue weighted by atomic mass is 19.1. The summed E-state index contributed by atoms with van der Waals surface area (Å²) in [7, 11) is 0. The van der Waals surface area contributed by atoms with Crippen LogP contribution in [-0.2, 0) is 6.42 Å². The molecule has 0 fully saturated rings. The lowest BCUT2D eigenvalue weighted by Crippen LogP contribution is -2.18. The van der Waals surface area contributed by atoms with Crippen LogP contribution in [0.2, 0.25) is 0 Å². The third-order valence-corrected chi connectivity index (χ3v) is 2.42. The predicted octanol–water partition coefficient (Wildman–Crippen LogP) is 3.60. The van der Waals surface area contributed by atoms with E-state index in [9.17, 15) is 8.78 Å². The van der Waals surface area contributed by atoms with Crippen LogP contribution >= 0.6 is 0 Å². The molecule has 90 valence electrons. The van der Waals surface area contributed by atoms with Crippen LogP contribution in [0.5, 0.6) is 0 Å². The highest BCUT2D eigenvalue weighted by Gasteiger charge is 2.09. The molecule has 2 aromatic rings. The maximum Gasteiger partial charge on any atom is 0.146 e. The molecule has 1 unspecified atom stereocenters. The van der Waals surface area contributed by atoms with Crippen LogP contribution < -0.4 is 5.32 Å². The summed E-state index contributed by atoms with van der Waals surface area (Å²) in [6, 6.07) is 6.95. The number of hydrogen-bond acceptors (Lipinski definition) is 2. The first-order chi connectivity index (χ1) is 8.15. The topological polar surface area (TPSA) is 25.2 Å². The van der Waals surface area contributed by atoms with Gasteiger partial charge in [0, 0.05) is 12.5 Å². The fourth-order valence-electron chi connectivity index (χ4n) is 1.66. The fourth-order valence-corrected chi connectivity index (χ4v) is 1.66. The zero-order valence-electron chi connectivity index (χ0n) is 9.41. The molecule has 2 rings (SSSR count). The molecule has 1 atom stereocenters. The Labute approximate surface area is 98.3 Å². The maximum atomic E-state index is 13.4. The summed E-state index contributed by atoms with van der Waals surface area (Å²) in [4.78, 5) is 0. The number of anilines is 1. The van der Waals surface area contributed by atoms with Gasteiger partial charge >= 0.3 is 0 Å². The van der Waals surface area contributed by atoms with Crippen LogP contribution in [0.3, 0.4) is 0 Å². The lowest BCUT2D eigenvalue weighted by molar-refractivity contribution is 0.497. The van der Waals surface area contributed by atoms with Crippen LogP contribution in [0.4, 0.5) is 14.5 Å². The van der Waals surface area contributed by atoms with Crippen molar-refractivity contribution in [3.8, 4) is 0 Å². The lowest BCUT2D eigenvalue weighted by Gasteiger charge is -2.14. The number of rotatable bonds is 4. The molecule has 1 aromatic heterocycles. The average molecular weight is 237 g/mol. The maximum absolute atomic E-state index is 13.4. The molecule has 17 heavy (non-hydrogen) atoms. The summed E-state index contributed by atoms with van der Waals surface area (Å²) in [6.07, 6.45) is 2.20. The van der Waals surface area contributed by atoms with Gasteiger partial charge in [-0.1, -0.05) is 0 Å². The Hall–Kier alpha value is -1.84. The van der Waals surface area contributed by atoms with Gasteiger partial charge in [0.15, 0.2) is 0 Å². The summed E-state index contributed by atoms with van der Waals surface area (Å²) >= 11 is 0. The molecule has 1 aromatic carbocycles. The first-order valence-electron chi connectivity index (χ1n) is 5.39. The third-order valence-electron chi connectivity index (χ3n) is 2.42. The molecule has 0 aliphatic heterocycles. The van der Waals surface area contributed by atoms with Gasteiger partial charge in [0.05, 0.1) is 12.0 Å². The van der Waals surface area contributed by atoms with Crippen LogP contribution in [-0.4, -0.2) is 6.04 Å². The molecule has 1 heterocycles. The number of halogens is 2. The summed E-state index contributed by atoms with van der Waals surface area (Å²) in [5.74, 6) is -0.112. The lowest BCUT2D eigenvalue weighted by atomic mass is 10.2. The van der Waals surface area contributed by atoms with E-state index in [1.54, 1.807) is 12.3 Å². The Morgan fingerprint density at radius 3 is 2.82 bits per heavy atom. The summed E-state index contributed by atoms with van der Waals surface area (Å²) in [5, 5.41) is 2.91. The molecule has 4 heteroatoms. The minimum Gasteiger partial charge on any atom is -0.469 e. The van der Waals surface area contributed by atoms with Crippen molar-refractivity contribution < 1.29 is 13.2 Å². The van der Waals surface area contributed by atoms with E-state index in [2.05, 4.69) is 5.32 Å². The minimum atomic E-state index is -0.460. The average Bonchev–Trinajstić information content (AvgIpc) is 2.76. The number of furan rings is 1. The third kappa shape index (κ3) is 3.06. The smallest absolute Gasteiger partial charge is 0.146 e. The van der Waals surface area contributed by atoms with Gasteiger partial charge in [0.1, 0.15) is 17.4 Å². The molecule has 0 spiro atoms. The molecular weight excluding hydrogens is 224 g/mol. The number of hydrogen-bond donors (Lipinski definition) is 1. The molecule has 0 saturated heterocycles. The van der Waals surface area contributed by atoms with Crippen molar-refractivity contribution in [3.05, 3.63) is 54.0 Å². The van der Waals surface area contributed by atoms with Crippen LogP contribution in [0.1, 0.15) is 12.7 Å². The van der Waals surface area contributed by atoms with Gasteiger partial charge < -0.3 is 9.73 Å². The van der Waals surface area contributed by atoms with E-state index in [1.807, 2.05) is 13.0 Å². The molecule has 0 aliphatic rings. The second kappa shape index (κ2) is 4.99. The second-order valence-electron chi connectivity index (χ2n) is 3.95. The number of benzene rings is 1. The highest BCUT2D eigenvalue weighted by Crippen LogP contribution is 2.17. The van der Waals surface area contributed by atoms with Crippen LogP contribution in [0.15, 0.2) is 41.0 Å². The molecule has 2 nitrogen and oxygen atoms in total.